The minimum atomic E-state index is -7.96. The lowest BCUT2D eigenvalue weighted by molar-refractivity contribution is -0.440. The summed E-state index contributed by atoms with van der Waals surface area (Å²) in [7, 11) is -4.83. The fourth-order valence-electron chi connectivity index (χ4n) is 6.99. The fraction of sp³-hybridized carbons (Fsp3) is 0.744. The number of benzene rings is 1. The van der Waals surface area contributed by atoms with Crippen molar-refractivity contribution < 1.29 is 75.4 Å². The highest BCUT2D eigenvalue weighted by Crippen LogP contribution is 2.61. The predicted molar refractivity (Wildman–Crippen MR) is 203 cm³/mol. The molecular formula is C39H59F13O4Si2. The second kappa shape index (κ2) is 20.6. The highest BCUT2D eigenvalue weighted by Gasteiger charge is 2.90. The van der Waals surface area contributed by atoms with E-state index in [1.165, 1.54) is 34.8 Å². The highest BCUT2D eigenvalue weighted by atomic mass is 28.4. The summed E-state index contributed by atoms with van der Waals surface area (Å²) in [4.78, 5) is 0. The Balaban J connectivity index is 3.80. The molecule has 1 aromatic rings. The first-order valence-electron chi connectivity index (χ1n) is 19.2. The summed E-state index contributed by atoms with van der Waals surface area (Å²) in [5.41, 5.74) is -0.165. The summed E-state index contributed by atoms with van der Waals surface area (Å²) in [6.07, 6.45) is -7.73. The van der Waals surface area contributed by atoms with Crippen LogP contribution in [0.1, 0.15) is 80.7 Å². The van der Waals surface area contributed by atoms with Crippen molar-refractivity contribution in [3.8, 4) is 5.75 Å². The van der Waals surface area contributed by atoms with Crippen LogP contribution in [0.4, 0.5) is 57.1 Å². The Kier molecular flexibility index (Phi) is 19.2. The Morgan fingerprint density at radius 2 is 1.21 bits per heavy atom. The van der Waals surface area contributed by atoms with E-state index >= 15 is 8.78 Å². The Morgan fingerprint density at radius 3 is 1.62 bits per heavy atom. The van der Waals surface area contributed by atoms with Gasteiger partial charge < -0.3 is 18.3 Å². The van der Waals surface area contributed by atoms with Crippen molar-refractivity contribution in [2.24, 2.45) is 5.92 Å². The molecule has 0 N–H and O–H groups in total. The molecule has 58 heavy (non-hydrogen) atoms. The van der Waals surface area contributed by atoms with Gasteiger partial charge in [-0.1, -0.05) is 79.7 Å². The molecule has 19 heteroatoms. The average molecular weight is 895 g/mol. The van der Waals surface area contributed by atoms with E-state index in [0.717, 1.165) is 23.7 Å². The van der Waals surface area contributed by atoms with Gasteiger partial charge in [0.2, 0.25) is 0 Å². The Labute approximate surface area is 336 Å². The molecule has 0 bridgehead atoms. The van der Waals surface area contributed by atoms with Crippen molar-refractivity contribution in [2.45, 2.75) is 165 Å². The van der Waals surface area contributed by atoms with Crippen molar-refractivity contribution in [1.82, 2.24) is 0 Å². The third kappa shape index (κ3) is 11.4. The molecule has 0 aliphatic heterocycles. The van der Waals surface area contributed by atoms with Crippen LogP contribution in [0, 0.1) is 5.92 Å². The molecule has 0 radical (unpaired) electrons. The van der Waals surface area contributed by atoms with Crippen molar-refractivity contribution in [3.63, 3.8) is 0 Å². The summed E-state index contributed by atoms with van der Waals surface area (Å²) in [6, 6.07) is 8.20. The third-order valence-corrected chi connectivity index (χ3v) is 21.6. The maximum Gasteiger partial charge on any atom is 0.460 e. The second-order valence-corrected chi connectivity index (χ2v) is 25.1. The van der Waals surface area contributed by atoms with E-state index in [1.54, 1.807) is 50.3 Å². The molecular weight excluding hydrogens is 836 g/mol. The zero-order valence-corrected chi connectivity index (χ0v) is 36.8. The Morgan fingerprint density at radius 1 is 0.724 bits per heavy atom. The summed E-state index contributed by atoms with van der Waals surface area (Å²) in [6.45, 7) is 19.6. The predicted octanol–water partition coefficient (Wildman–Crippen LogP) is 14.0. The highest BCUT2D eigenvalue weighted by molar-refractivity contribution is 6.76. The van der Waals surface area contributed by atoms with Crippen LogP contribution in [-0.4, -0.2) is 78.3 Å². The zero-order chi connectivity index (χ0) is 45.3. The van der Waals surface area contributed by atoms with E-state index in [0.29, 0.717) is 17.7 Å². The largest absolute Gasteiger partial charge is 0.497 e. The van der Waals surface area contributed by atoms with Crippen molar-refractivity contribution in [1.29, 1.82) is 0 Å². The zero-order valence-electron chi connectivity index (χ0n) is 34.8. The SMILES string of the molecule is C=CCC(O[Si](CC)(CC)CC)[C@H](C)[C@H](O[Si](CCC(F)(F)C(F)(F)C(F)(F)C(F)(F)C(F)(F)C(F)(F)F)(C(C)C)C(C)C)/C(C)=C/COCc1ccc(OC)cc1. The molecule has 338 valence electrons. The number of hydrogen-bond donors (Lipinski definition) is 0. The monoisotopic (exact) mass is 894 g/mol. The molecule has 0 saturated heterocycles. The van der Waals surface area contributed by atoms with Crippen molar-refractivity contribution >= 4 is 16.6 Å². The van der Waals surface area contributed by atoms with Crippen LogP contribution < -0.4 is 4.74 Å². The third-order valence-electron chi connectivity index (χ3n) is 11.3. The van der Waals surface area contributed by atoms with Gasteiger partial charge in [-0.25, -0.2) is 0 Å². The van der Waals surface area contributed by atoms with E-state index in [2.05, 4.69) is 6.58 Å². The number of halogens is 13. The number of hydrogen-bond acceptors (Lipinski definition) is 4. The van der Waals surface area contributed by atoms with Crippen LogP contribution in [-0.2, 0) is 20.2 Å². The molecule has 0 aromatic heterocycles. The summed E-state index contributed by atoms with van der Waals surface area (Å²) in [5.74, 6) is -37.1. The standard InChI is InChI=1S/C39H59F13O4Si2/c1-12-16-32(55-57(13-2,14-3)15-4)29(10)33(28(9)21-23-54-25-30-17-19-31(53-11)20-18-30)56-58(26(5)6,27(7)8)24-22-34(40,41)35(42,43)36(44,45)37(46,47)38(48,49)39(50,51)52/h12,17-21,26-27,29,32-33H,1,13-16,22-25H2,2-11H3/b28-21+/t29-,32?,33+/m0/s1. The van der Waals surface area contributed by atoms with Gasteiger partial charge in [0.1, 0.15) is 5.75 Å². The number of ether oxygens (including phenoxy) is 2. The van der Waals surface area contributed by atoms with Gasteiger partial charge >= 0.3 is 35.8 Å². The first-order chi connectivity index (χ1) is 26.4. The molecule has 1 unspecified atom stereocenters. The van der Waals surface area contributed by atoms with Gasteiger partial charge in [-0.05, 0) is 71.9 Å². The molecule has 1 rings (SSSR count). The lowest BCUT2D eigenvalue weighted by Crippen LogP contribution is -2.70. The molecule has 0 heterocycles. The minimum absolute atomic E-state index is 0.0169. The average Bonchev–Trinajstić information content (AvgIpc) is 3.14. The normalized spacial score (nSPS) is 16.2. The van der Waals surface area contributed by atoms with E-state index in [4.69, 9.17) is 18.3 Å². The van der Waals surface area contributed by atoms with E-state index in [9.17, 15) is 48.3 Å². The van der Waals surface area contributed by atoms with Gasteiger partial charge in [0, 0.05) is 12.3 Å². The Bertz CT molecular complexity index is 1430. The van der Waals surface area contributed by atoms with Crippen LogP contribution in [0.15, 0.2) is 48.6 Å². The number of alkyl halides is 13. The second-order valence-electron chi connectivity index (χ2n) is 15.4. The van der Waals surface area contributed by atoms with Crippen molar-refractivity contribution in [3.05, 3.63) is 54.1 Å². The molecule has 0 aliphatic rings. The molecule has 0 amide bonds. The van der Waals surface area contributed by atoms with Gasteiger partial charge in [0.15, 0.2) is 16.6 Å². The molecule has 0 spiro atoms. The van der Waals surface area contributed by atoms with Gasteiger partial charge in [-0.2, -0.15) is 57.1 Å². The van der Waals surface area contributed by atoms with Gasteiger partial charge in [0.05, 0.1) is 32.5 Å². The summed E-state index contributed by atoms with van der Waals surface area (Å²) >= 11 is 0. The lowest BCUT2D eigenvalue weighted by atomic mass is 9.91. The number of rotatable bonds is 26. The maximum absolute atomic E-state index is 15.4. The molecule has 1 aromatic carbocycles. The van der Waals surface area contributed by atoms with Gasteiger partial charge in [-0.3, -0.25) is 0 Å². The molecule has 0 fully saturated rings. The topological polar surface area (TPSA) is 36.9 Å². The van der Waals surface area contributed by atoms with Crippen LogP contribution in [0.2, 0.25) is 35.3 Å². The Hall–Kier alpha value is -2.10. The first kappa shape index (κ1) is 53.9. The maximum atomic E-state index is 15.4. The van der Waals surface area contributed by atoms with E-state index < -0.39 is 94.1 Å². The van der Waals surface area contributed by atoms with Crippen molar-refractivity contribution in [2.75, 3.05) is 13.7 Å². The quantitative estimate of drug-likeness (QED) is 0.0402. The fourth-order valence-corrected chi connectivity index (χ4v) is 14.7. The number of methoxy groups -OCH3 is 1. The van der Waals surface area contributed by atoms with E-state index in [-0.39, 0.29) is 13.2 Å². The smallest absolute Gasteiger partial charge is 0.460 e. The van der Waals surface area contributed by atoms with Crippen LogP contribution in [0.5, 0.6) is 5.75 Å². The van der Waals surface area contributed by atoms with Crippen LogP contribution >= 0.6 is 0 Å². The molecule has 3 atom stereocenters. The summed E-state index contributed by atoms with van der Waals surface area (Å²) in [5, 5.41) is 0. The molecule has 0 aliphatic carbocycles. The minimum Gasteiger partial charge on any atom is -0.497 e. The van der Waals surface area contributed by atoms with E-state index in [1.807, 2.05) is 20.8 Å². The van der Waals surface area contributed by atoms with Crippen LogP contribution in [0.3, 0.4) is 0 Å². The van der Waals surface area contributed by atoms with Gasteiger partial charge in [0.25, 0.3) is 0 Å². The summed E-state index contributed by atoms with van der Waals surface area (Å²) < 4.78 is 208. The van der Waals surface area contributed by atoms with Crippen LogP contribution in [0.25, 0.3) is 0 Å². The lowest BCUT2D eigenvalue weighted by Gasteiger charge is -2.46. The molecule has 0 saturated carbocycles. The molecule has 4 nitrogen and oxygen atoms in total. The first-order valence-corrected chi connectivity index (χ1v) is 24.0. The van der Waals surface area contributed by atoms with Gasteiger partial charge in [-0.15, -0.1) is 6.58 Å².